The average molecular weight is 402 g/mol. The zero-order valence-corrected chi connectivity index (χ0v) is 16.8. The molecule has 0 bridgehead atoms. The number of nitrogens with one attached hydrogen (secondary N) is 1. The molecule has 0 aliphatic heterocycles. The van der Waals surface area contributed by atoms with Gasteiger partial charge >= 0.3 is 0 Å². The number of carbonyl (C=O) groups is 1. The molecule has 1 aliphatic rings. The number of aromatic nitrogens is 1. The highest BCUT2D eigenvalue weighted by Gasteiger charge is 2.64. The number of amides is 1. The Labute approximate surface area is 168 Å². The maximum atomic E-state index is 13.0. The van der Waals surface area contributed by atoms with Crippen LogP contribution < -0.4 is 10.1 Å². The molecule has 1 heterocycles. The van der Waals surface area contributed by atoms with Gasteiger partial charge in [-0.2, -0.15) is 5.26 Å². The quantitative estimate of drug-likeness (QED) is 0.826. The molecule has 3 rings (SSSR count). The van der Waals surface area contributed by atoms with Gasteiger partial charge in [-0.3, -0.25) is 4.79 Å². The molecule has 1 aliphatic carbocycles. The van der Waals surface area contributed by atoms with Crippen LogP contribution in [0.5, 0.6) is 5.75 Å². The lowest BCUT2D eigenvalue weighted by Gasteiger charge is -2.63. The molecule has 5 nitrogen and oxygen atoms in total. The third kappa shape index (κ3) is 3.43. The van der Waals surface area contributed by atoms with Crippen molar-refractivity contribution in [2.24, 2.45) is 10.8 Å². The smallest absolute Gasteiger partial charge is 0.270 e. The van der Waals surface area contributed by atoms with Crippen molar-refractivity contribution in [2.45, 2.75) is 39.8 Å². The van der Waals surface area contributed by atoms with E-state index in [-0.39, 0.29) is 34.6 Å². The van der Waals surface area contributed by atoms with E-state index in [0.717, 1.165) is 6.20 Å². The Morgan fingerprint density at radius 2 is 1.93 bits per heavy atom. The van der Waals surface area contributed by atoms with Gasteiger partial charge in [-0.1, -0.05) is 39.3 Å². The van der Waals surface area contributed by atoms with Crippen molar-refractivity contribution in [1.29, 1.82) is 5.26 Å². The van der Waals surface area contributed by atoms with Crippen molar-refractivity contribution < 1.29 is 13.9 Å². The predicted octanol–water partition coefficient (Wildman–Crippen LogP) is 4.36. The zero-order valence-electron chi connectivity index (χ0n) is 16.1. The van der Waals surface area contributed by atoms with E-state index in [2.05, 4.69) is 10.3 Å². The van der Waals surface area contributed by atoms with Crippen LogP contribution in [0.15, 0.2) is 36.5 Å². The molecule has 1 amide bonds. The number of rotatable bonds is 4. The van der Waals surface area contributed by atoms with Crippen LogP contribution in [-0.2, 0) is 0 Å². The highest BCUT2D eigenvalue weighted by molar-refractivity contribution is 6.31. The van der Waals surface area contributed by atoms with Gasteiger partial charge in [0.2, 0.25) is 0 Å². The molecule has 0 unspecified atom stereocenters. The standard InChI is InChI=1S/C21H21ClFN3O2/c1-20(2)18(26-17(27)16-8-6-13(23)11-25-16)21(3,4)19(20)28-14-7-5-12(10-24)15(22)9-14/h5-9,11,18-19H,1-4H3,(H,26,27). The van der Waals surface area contributed by atoms with Crippen molar-refractivity contribution in [3.05, 3.63) is 58.6 Å². The van der Waals surface area contributed by atoms with Crippen LogP contribution in [0.3, 0.4) is 0 Å². The first-order valence-electron chi connectivity index (χ1n) is 8.86. The van der Waals surface area contributed by atoms with Gasteiger partial charge in [-0.25, -0.2) is 9.37 Å². The normalized spacial score (nSPS) is 21.9. The highest BCUT2D eigenvalue weighted by Crippen LogP contribution is 2.55. The Morgan fingerprint density at radius 1 is 1.25 bits per heavy atom. The summed E-state index contributed by atoms with van der Waals surface area (Å²) in [5.74, 6) is -0.276. The first-order valence-corrected chi connectivity index (χ1v) is 9.24. The molecule has 1 N–H and O–H groups in total. The lowest BCUT2D eigenvalue weighted by molar-refractivity contribution is -0.164. The van der Waals surface area contributed by atoms with Gasteiger partial charge in [0.05, 0.1) is 16.8 Å². The monoisotopic (exact) mass is 401 g/mol. The predicted molar refractivity (Wildman–Crippen MR) is 104 cm³/mol. The van der Waals surface area contributed by atoms with Crippen molar-refractivity contribution >= 4 is 17.5 Å². The van der Waals surface area contributed by atoms with Crippen LogP contribution in [0, 0.1) is 28.0 Å². The minimum absolute atomic E-state index is 0.163. The first kappa shape index (κ1) is 20.1. The van der Waals surface area contributed by atoms with Crippen LogP contribution in [-0.4, -0.2) is 23.0 Å². The number of halogens is 2. The molecule has 0 spiro atoms. The fourth-order valence-corrected chi connectivity index (χ4v) is 4.52. The molecule has 28 heavy (non-hydrogen) atoms. The van der Waals surface area contributed by atoms with Crippen molar-refractivity contribution in [3.63, 3.8) is 0 Å². The number of hydrogen-bond acceptors (Lipinski definition) is 4. The molecule has 0 atom stereocenters. The first-order chi connectivity index (χ1) is 13.1. The van der Waals surface area contributed by atoms with Gasteiger partial charge in [0.1, 0.15) is 29.4 Å². The van der Waals surface area contributed by atoms with Gasteiger partial charge in [0, 0.05) is 22.9 Å². The van der Waals surface area contributed by atoms with Gasteiger partial charge in [0.25, 0.3) is 5.91 Å². The number of pyridine rings is 1. The van der Waals surface area contributed by atoms with Crippen LogP contribution in [0.1, 0.15) is 43.7 Å². The number of nitrogens with zero attached hydrogens (tertiary/aromatic N) is 2. The molecule has 0 saturated heterocycles. The van der Waals surface area contributed by atoms with E-state index in [9.17, 15) is 9.18 Å². The van der Waals surface area contributed by atoms with Crippen molar-refractivity contribution in [3.8, 4) is 11.8 Å². The highest BCUT2D eigenvalue weighted by atomic mass is 35.5. The average Bonchev–Trinajstić information content (AvgIpc) is 2.64. The second kappa shape index (κ2) is 7.06. The largest absolute Gasteiger partial charge is 0.489 e. The zero-order chi connectivity index (χ0) is 20.7. The SMILES string of the molecule is CC1(C)C(NC(=O)c2ccc(F)cn2)C(C)(C)C1Oc1ccc(C#N)c(Cl)c1. The minimum Gasteiger partial charge on any atom is -0.489 e. The lowest BCUT2D eigenvalue weighted by atomic mass is 9.49. The maximum Gasteiger partial charge on any atom is 0.270 e. The second-order valence-electron chi connectivity index (χ2n) is 8.16. The fraction of sp³-hybridized carbons (Fsp3) is 0.381. The molecule has 0 radical (unpaired) electrons. The van der Waals surface area contributed by atoms with E-state index in [1.54, 1.807) is 18.2 Å². The summed E-state index contributed by atoms with van der Waals surface area (Å²) in [5.41, 5.74) is -0.201. The fourth-order valence-electron chi connectivity index (χ4n) is 4.31. The minimum atomic E-state index is -0.490. The van der Waals surface area contributed by atoms with E-state index >= 15 is 0 Å². The molecule has 1 saturated carbocycles. The summed E-state index contributed by atoms with van der Waals surface area (Å²) in [4.78, 5) is 16.4. The summed E-state index contributed by atoms with van der Waals surface area (Å²) in [6.45, 7) is 8.04. The number of hydrogen-bond donors (Lipinski definition) is 1. The van der Waals surface area contributed by atoms with E-state index in [0.29, 0.717) is 16.3 Å². The second-order valence-corrected chi connectivity index (χ2v) is 8.57. The van der Waals surface area contributed by atoms with Gasteiger partial charge in [-0.15, -0.1) is 0 Å². The number of nitriles is 1. The molecular weight excluding hydrogens is 381 g/mol. The maximum absolute atomic E-state index is 13.0. The Bertz CT molecular complexity index is 935. The van der Waals surface area contributed by atoms with Gasteiger partial charge in [0.15, 0.2) is 0 Å². The number of carbonyl (C=O) groups excluding carboxylic acids is 1. The Hall–Kier alpha value is -2.65. The van der Waals surface area contributed by atoms with Crippen molar-refractivity contribution in [2.75, 3.05) is 0 Å². The molecule has 146 valence electrons. The Balaban J connectivity index is 1.76. The lowest BCUT2D eigenvalue weighted by Crippen LogP contribution is -2.74. The third-order valence-corrected chi connectivity index (χ3v) is 5.70. The molecular formula is C21H21ClFN3O2. The van der Waals surface area contributed by atoms with Crippen LogP contribution >= 0.6 is 11.6 Å². The van der Waals surface area contributed by atoms with Crippen LogP contribution in [0.4, 0.5) is 4.39 Å². The van der Waals surface area contributed by atoms with Gasteiger partial charge in [-0.05, 0) is 24.3 Å². The summed E-state index contributed by atoms with van der Waals surface area (Å²) in [6, 6.07) is 9.36. The molecule has 7 heteroatoms. The molecule has 1 aromatic heterocycles. The Kier molecular flexibility index (Phi) is 5.07. The van der Waals surface area contributed by atoms with E-state index in [1.807, 2.05) is 33.8 Å². The molecule has 1 fully saturated rings. The van der Waals surface area contributed by atoms with E-state index < -0.39 is 5.82 Å². The number of benzene rings is 1. The van der Waals surface area contributed by atoms with E-state index in [4.69, 9.17) is 21.6 Å². The summed E-state index contributed by atoms with van der Waals surface area (Å²) >= 11 is 6.10. The molecule has 1 aromatic carbocycles. The van der Waals surface area contributed by atoms with Crippen LogP contribution in [0.2, 0.25) is 5.02 Å². The van der Waals surface area contributed by atoms with Crippen LogP contribution in [0.25, 0.3) is 0 Å². The molecule has 2 aromatic rings. The third-order valence-electron chi connectivity index (χ3n) is 5.39. The topological polar surface area (TPSA) is 75.0 Å². The van der Waals surface area contributed by atoms with Crippen molar-refractivity contribution in [1.82, 2.24) is 10.3 Å². The summed E-state index contributed by atoms with van der Waals surface area (Å²) < 4.78 is 19.2. The number of ether oxygens (including phenoxy) is 1. The Morgan fingerprint density at radius 3 is 2.46 bits per heavy atom. The summed E-state index contributed by atoms with van der Waals surface area (Å²) in [7, 11) is 0. The summed E-state index contributed by atoms with van der Waals surface area (Å²) in [5, 5.41) is 12.3. The summed E-state index contributed by atoms with van der Waals surface area (Å²) in [6.07, 6.45) is 0.822. The van der Waals surface area contributed by atoms with Gasteiger partial charge < -0.3 is 10.1 Å². The van der Waals surface area contributed by atoms with E-state index in [1.165, 1.54) is 12.1 Å².